The van der Waals surface area contributed by atoms with Crippen molar-refractivity contribution in [1.29, 1.82) is 0 Å². The van der Waals surface area contributed by atoms with Crippen molar-refractivity contribution in [3.8, 4) is 33.6 Å². The number of benzene rings is 7. The van der Waals surface area contributed by atoms with Crippen LogP contribution in [0.25, 0.3) is 77.2 Å². The van der Waals surface area contributed by atoms with Crippen molar-refractivity contribution < 1.29 is 0 Å². The van der Waals surface area contributed by atoms with Gasteiger partial charge < -0.3 is 9.13 Å². The van der Waals surface area contributed by atoms with Crippen LogP contribution < -0.4 is 0 Å². The summed E-state index contributed by atoms with van der Waals surface area (Å²) in [6.07, 6.45) is 0. The van der Waals surface area contributed by atoms with Gasteiger partial charge in [0, 0.05) is 38.3 Å². The largest absolute Gasteiger partial charge is 0.309 e. The third kappa shape index (κ3) is 3.61. The van der Waals surface area contributed by atoms with Gasteiger partial charge in [0.05, 0.1) is 22.1 Å². The molecule has 0 atom stereocenters. The molecule has 1 aliphatic carbocycles. The van der Waals surface area contributed by atoms with Crippen molar-refractivity contribution in [2.75, 3.05) is 0 Å². The van der Waals surface area contributed by atoms with Gasteiger partial charge in [0.2, 0.25) is 0 Å². The van der Waals surface area contributed by atoms with Crippen molar-refractivity contribution in [3.63, 3.8) is 0 Å². The van der Waals surface area contributed by atoms with Gasteiger partial charge in [-0.05, 0) is 88.0 Å². The van der Waals surface area contributed by atoms with Crippen LogP contribution in [0.2, 0.25) is 0 Å². The smallest absolute Gasteiger partial charge is 0.0544 e. The van der Waals surface area contributed by atoms with E-state index in [9.17, 15) is 0 Å². The van der Waals surface area contributed by atoms with E-state index in [1.807, 2.05) is 0 Å². The molecule has 0 amide bonds. The molecule has 2 nitrogen and oxygen atoms in total. The van der Waals surface area contributed by atoms with Gasteiger partial charge in [0.25, 0.3) is 0 Å². The second-order valence-electron chi connectivity index (χ2n) is 13.4. The Morgan fingerprint density at radius 2 is 1.02 bits per heavy atom. The first-order valence-electron chi connectivity index (χ1n) is 16.5. The minimum absolute atomic E-state index is 0.0867. The zero-order valence-corrected chi connectivity index (χ0v) is 26.4. The summed E-state index contributed by atoms with van der Waals surface area (Å²) in [5, 5.41) is 5.20. The van der Waals surface area contributed by atoms with Crippen molar-refractivity contribution in [2.45, 2.75) is 19.3 Å². The highest BCUT2D eigenvalue weighted by atomic mass is 15.0. The standard InChI is InChI=1S/C45H32N2/c1-45(2)38-20-9-6-17-33(38)35-24-26-42-43(44(35)45)36-19-8-11-22-40(36)47(42)32-16-12-13-29(27-32)30-23-25-41-37(28-30)34-18-7-10-21-39(34)46(41)31-14-4-3-5-15-31/h3-28H,1-2H3. The van der Waals surface area contributed by atoms with Crippen LogP contribution in [-0.2, 0) is 5.41 Å². The molecule has 0 saturated carbocycles. The topological polar surface area (TPSA) is 9.86 Å². The highest BCUT2D eigenvalue weighted by Crippen LogP contribution is 2.53. The lowest BCUT2D eigenvalue weighted by Gasteiger charge is -2.22. The second kappa shape index (κ2) is 9.57. The maximum atomic E-state index is 2.47. The van der Waals surface area contributed by atoms with Crippen molar-refractivity contribution in [1.82, 2.24) is 9.13 Å². The Labute approximate surface area is 273 Å². The summed E-state index contributed by atoms with van der Waals surface area (Å²) in [4.78, 5) is 0. The SMILES string of the molecule is CC1(C)c2ccccc2-c2ccc3c(c21)c1ccccc1n3-c1cccc(-c2ccc3c(c2)c2ccccc2n3-c2ccccc2)c1. The van der Waals surface area contributed by atoms with E-state index in [0.717, 1.165) is 0 Å². The van der Waals surface area contributed by atoms with Gasteiger partial charge >= 0.3 is 0 Å². The first kappa shape index (κ1) is 26.4. The monoisotopic (exact) mass is 600 g/mol. The molecule has 0 radical (unpaired) electrons. The molecule has 2 heterocycles. The molecule has 0 spiro atoms. The van der Waals surface area contributed by atoms with E-state index in [0.29, 0.717) is 0 Å². The van der Waals surface area contributed by atoms with Crippen molar-refractivity contribution >= 4 is 43.6 Å². The molecule has 10 rings (SSSR count). The number of hydrogen-bond donors (Lipinski definition) is 0. The summed E-state index contributed by atoms with van der Waals surface area (Å²) in [6.45, 7) is 4.77. The molecule has 0 bridgehead atoms. The van der Waals surface area contributed by atoms with E-state index < -0.39 is 0 Å². The Hall–Kier alpha value is -5.86. The average molecular weight is 601 g/mol. The number of aromatic nitrogens is 2. The lowest BCUT2D eigenvalue weighted by Crippen LogP contribution is -2.15. The van der Waals surface area contributed by atoms with Gasteiger partial charge in [-0.2, -0.15) is 0 Å². The van der Waals surface area contributed by atoms with Gasteiger partial charge in [-0.1, -0.05) is 117 Å². The molecule has 47 heavy (non-hydrogen) atoms. The predicted octanol–water partition coefficient (Wildman–Crippen LogP) is 11.9. The number of fused-ring (bicyclic) bond motifs is 10. The number of rotatable bonds is 3. The van der Waals surface area contributed by atoms with E-state index in [1.54, 1.807) is 0 Å². The number of nitrogens with zero attached hydrogens (tertiary/aromatic N) is 2. The molecule has 9 aromatic rings. The molecule has 222 valence electrons. The zero-order chi connectivity index (χ0) is 31.3. The quantitative estimate of drug-likeness (QED) is 0.191. The molecular formula is C45H32N2. The summed E-state index contributed by atoms with van der Waals surface area (Å²) in [5.74, 6) is 0. The first-order valence-corrected chi connectivity index (χ1v) is 16.5. The summed E-state index contributed by atoms with van der Waals surface area (Å²) >= 11 is 0. The average Bonchev–Trinajstić information content (AvgIpc) is 3.72. The molecule has 0 aliphatic heterocycles. The van der Waals surface area contributed by atoms with Gasteiger partial charge in [-0.15, -0.1) is 0 Å². The molecule has 2 heteroatoms. The van der Waals surface area contributed by atoms with Crippen LogP contribution in [0.15, 0.2) is 158 Å². The van der Waals surface area contributed by atoms with E-state index in [2.05, 4.69) is 181 Å². The van der Waals surface area contributed by atoms with Crippen LogP contribution in [0, 0.1) is 0 Å². The van der Waals surface area contributed by atoms with E-state index in [1.165, 1.54) is 88.4 Å². The van der Waals surface area contributed by atoms with Crippen LogP contribution in [0.5, 0.6) is 0 Å². The molecule has 0 N–H and O–H groups in total. The van der Waals surface area contributed by atoms with Crippen molar-refractivity contribution in [2.24, 2.45) is 0 Å². The van der Waals surface area contributed by atoms with E-state index in [-0.39, 0.29) is 5.41 Å². The highest BCUT2D eigenvalue weighted by Gasteiger charge is 2.38. The molecule has 0 unspecified atom stereocenters. The Kier molecular flexibility index (Phi) is 5.37. The summed E-state index contributed by atoms with van der Waals surface area (Å²) in [6, 6.07) is 57.9. The molecule has 2 aromatic heterocycles. The number of para-hydroxylation sites is 3. The fourth-order valence-electron chi connectivity index (χ4n) is 8.44. The zero-order valence-electron chi connectivity index (χ0n) is 26.4. The van der Waals surface area contributed by atoms with Crippen LogP contribution in [0.4, 0.5) is 0 Å². The van der Waals surface area contributed by atoms with Gasteiger partial charge in [0.15, 0.2) is 0 Å². The Morgan fingerprint density at radius 3 is 1.87 bits per heavy atom. The summed E-state index contributed by atoms with van der Waals surface area (Å²) in [5.41, 5.74) is 15.2. The third-order valence-electron chi connectivity index (χ3n) is 10.5. The Balaban J connectivity index is 1.18. The normalized spacial score (nSPS) is 13.5. The Morgan fingerprint density at radius 1 is 0.404 bits per heavy atom. The summed E-state index contributed by atoms with van der Waals surface area (Å²) in [7, 11) is 0. The first-order chi connectivity index (χ1) is 23.1. The molecule has 0 saturated heterocycles. The lowest BCUT2D eigenvalue weighted by atomic mass is 9.80. The molecular weight excluding hydrogens is 569 g/mol. The number of hydrogen-bond acceptors (Lipinski definition) is 0. The predicted molar refractivity (Wildman–Crippen MR) is 198 cm³/mol. The van der Waals surface area contributed by atoms with Crippen molar-refractivity contribution in [3.05, 3.63) is 169 Å². The lowest BCUT2D eigenvalue weighted by molar-refractivity contribution is 0.666. The van der Waals surface area contributed by atoms with Crippen LogP contribution in [0.1, 0.15) is 25.0 Å². The Bertz CT molecular complexity index is 2700. The van der Waals surface area contributed by atoms with Gasteiger partial charge in [0.1, 0.15) is 0 Å². The van der Waals surface area contributed by atoms with Crippen LogP contribution in [-0.4, -0.2) is 9.13 Å². The maximum absolute atomic E-state index is 2.47. The maximum Gasteiger partial charge on any atom is 0.0544 e. The minimum atomic E-state index is -0.0867. The molecule has 0 fully saturated rings. The third-order valence-corrected chi connectivity index (χ3v) is 10.5. The van der Waals surface area contributed by atoms with E-state index in [4.69, 9.17) is 0 Å². The fraction of sp³-hybridized carbons (Fsp3) is 0.0667. The van der Waals surface area contributed by atoms with Gasteiger partial charge in [-0.3, -0.25) is 0 Å². The summed E-state index contributed by atoms with van der Waals surface area (Å²) < 4.78 is 4.84. The highest BCUT2D eigenvalue weighted by molar-refractivity contribution is 6.14. The van der Waals surface area contributed by atoms with Crippen LogP contribution >= 0.6 is 0 Å². The minimum Gasteiger partial charge on any atom is -0.309 e. The molecule has 1 aliphatic rings. The van der Waals surface area contributed by atoms with E-state index >= 15 is 0 Å². The second-order valence-corrected chi connectivity index (χ2v) is 13.4. The van der Waals surface area contributed by atoms with Gasteiger partial charge in [-0.25, -0.2) is 0 Å². The molecule has 7 aromatic carbocycles. The fourth-order valence-corrected chi connectivity index (χ4v) is 8.44. The van der Waals surface area contributed by atoms with Crippen LogP contribution in [0.3, 0.4) is 0 Å².